The highest BCUT2D eigenvalue weighted by Gasteiger charge is 2.18. The van der Waals surface area contributed by atoms with Gasteiger partial charge in [0.1, 0.15) is 5.52 Å². The molecule has 0 saturated carbocycles. The fraction of sp³-hybridized carbons (Fsp3) is 0.211. The number of fused-ring (bicyclic) bond motifs is 1. The molecule has 114 valence electrons. The molecule has 0 aliphatic heterocycles. The van der Waals surface area contributed by atoms with Gasteiger partial charge in [-0.1, -0.05) is 35.3 Å². The predicted molar refractivity (Wildman–Crippen MR) is 91.2 cm³/mol. The Hall–Kier alpha value is -2.93. The SMILES string of the molecule is CC(C)(C)n1nnc2cc(C#Cc3ccccc3)ccc2c1=O. The molecule has 3 aromatic rings. The van der Waals surface area contributed by atoms with E-state index in [1.807, 2.05) is 57.2 Å². The van der Waals surface area contributed by atoms with Crippen molar-refractivity contribution < 1.29 is 0 Å². The molecule has 0 unspecified atom stereocenters. The van der Waals surface area contributed by atoms with E-state index in [2.05, 4.69) is 22.2 Å². The van der Waals surface area contributed by atoms with Gasteiger partial charge in [0.25, 0.3) is 5.56 Å². The fourth-order valence-electron chi connectivity index (χ4n) is 2.23. The molecular formula is C19H17N3O. The number of rotatable bonds is 0. The summed E-state index contributed by atoms with van der Waals surface area (Å²) in [6.07, 6.45) is 0. The largest absolute Gasteiger partial charge is 0.278 e. The lowest BCUT2D eigenvalue weighted by molar-refractivity contribution is 0.327. The normalized spacial score (nSPS) is 11.1. The van der Waals surface area contributed by atoms with E-state index in [4.69, 9.17) is 0 Å². The Labute approximate surface area is 134 Å². The van der Waals surface area contributed by atoms with Crippen LogP contribution in [0.25, 0.3) is 10.9 Å². The average molecular weight is 303 g/mol. The zero-order valence-electron chi connectivity index (χ0n) is 13.4. The second-order valence-electron chi connectivity index (χ2n) is 6.33. The second kappa shape index (κ2) is 5.69. The van der Waals surface area contributed by atoms with Crippen LogP contribution in [-0.2, 0) is 5.54 Å². The third kappa shape index (κ3) is 3.14. The van der Waals surface area contributed by atoms with E-state index in [9.17, 15) is 4.79 Å². The van der Waals surface area contributed by atoms with Crippen molar-refractivity contribution >= 4 is 10.9 Å². The highest BCUT2D eigenvalue weighted by molar-refractivity contribution is 5.78. The minimum Gasteiger partial charge on any atom is -0.267 e. The van der Waals surface area contributed by atoms with E-state index in [1.54, 1.807) is 12.1 Å². The lowest BCUT2D eigenvalue weighted by atomic mass is 10.1. The number of hydrogen-bond donors (Lipinski definition) is 0. The zero-order chi connectivity index (χ0) is 16.4. The van der Waals surface area contributed by atoms with Gasteiger partial charge in [-0.15, -0.1) is 5.10 Å². The van der Waals surface area contributed by atoms with Gasteiger partial charge in [-0.3, -0.25) is 4.79 Å². The van der Waals surface area contributed by atoms with E-state index in [0.29, 0.717) is 10.9 Å². The molecule has 3 rings (SSSR count). The van der Waals surface area contributed by atoms with Crippen LogP contribution in [0.15, 0.2) is 53.3 Å². The number of hydrogen-bond acceptors (Lipinski definition) is 3. The van der Waals surface area contributed by atoms with Crippen LogP contribution < -0.4 is 5.56 Å². The summed E-state index contributed by atoms with van der Waals surface area (Å²) >= 11 is 0. The molecule has 0 aliphatic carbocycles. The summed E-state index contributed by atoms with van der Waals surface area (Å²) < 4.78 is 1.41. The minimum atomic E-state index is -0.399. The Bertz CT molecular complexity index is 971. The highest BCUT2D eigenvalue weighted by Crippen LogP contribution is 2.13. The first-order valence-corrected chi connectivity index (χ1v) is 7.42. The molecule has 0 atom stereocenters. The maximum Gasteiger partial charge on any atom is 0.278 e. The van der Waals surface area contributed by atoms with Crippen LogP contribution in [0, 0.1) is 11.8 Å². The van der Waals surface area contributed by atoms with Crippen molar-refractivity contribution in [3.8, 4) is 11.8 Å². The average Bonchev–Trinajstić information content (AvgIpc) is 2.53. The maximum absolute atomic E-state index is 12.5. The van der Waals surface area contributed by atoms with Gasteiger partial charge in [0.05, 0.1) is 10.9 Å². The summed E-state index contributed by atoms with van der Waals surface area (Å²) in [4.78, 5) is 12.5. The van der Waals surface area contributed by atoms with Crippen molar-refractivity contribution in [3.63, 3.8) is 0 Å². The molecule has 1 aromatic heterocycles. The molecule has 0 bridgehead atoms. The predicted octanol–water partition coefficient (Wildman–Crippen LogP) is 2.95. The smallest absolute Gasteiger partial charge is 0.267 e. The number of nitrogens with zero attached hydrogens (tertiary/aromatic N) is 3. The van der Waals surface area contributed by atoms with E-state index < -0.39 is 5.54 Å². The molecule has 0 saturated heterocycles. The minimum absolute atomic E-state index is 0.134. The third-order valence-electron chi connectivity index (χ3n) is 3.42. The molecule has 0 radical (unpaired) electrons. The molecular weight excluding hydrogens is 286 g/mol. The van der Waals surface area contributed by atoms with Gasteiger partial charge in [0.15, 0.2) is 0 Å². The number of aromatic nitrogens is 3. The van der Waals surface area contributed by atoms with Gasteiger partial charge in [0, 0.05) is 11.1 Å². The van der Waals surface area contributed by atoms with Crippen LogP contribution >= 0.6 is 0 Å². The van der Waals surface area contributed by atoms with E-state index >= 15 is 0 Å². The summed E-state index contributed by atoms with van der Waals surface area (Å²) in [5.41, 5.74) is 1.79. The molecule has 4 nitrogen and oxygen atoms in total. The zero-order valence-corrected chi connectivity index (χ0v) is 13.4. The van der Waals surface area contributed by atoms with Gasteiger partial charge in [-0.25, -0.2) is 4.68 Å². The van der Waals surface area contributed by atoms with E-state index in [-0.39, 0.29) is 5.56 Å². The van der Waals surface area contributed by atoms with Crippen LogP contribution in [0.4, 0.5) is 0 Å². The molecule has 4 heteroatoms. The van der Waals surface area contributed by atoms with Gasteiger partial charge >= 0.3 is 0 Å². The van der Waals surface area contributed by atoms with Crippen LogP contribution in [0.3, 0.4) is 0 Å². The molecule has 0 N–H and O–H groups in total. The third-order valence-corrected chi connectivity index (χ3v) is 3.42. The molecule has 0 fully saturated rings. The van der Waals surface area contributed by atoms with Gasteiger partial charge in [-0.2, -0.15) is 0 Å². The Kier molecular flexibility index (Phi) is 3.71. The number of benzene rings is 2. The summed E-state index contributed by atoms with van der Waals surface area (Å²) in [6.45, 7) is 5.78. The van der Waals surface area contributed by atoms with Crippen LogP contribution in [0.5, 0.6) is 0 Å². The topological polar surface area (TPSA) is 47.8 Å². The second-order valence-corrected chi connectivity index (χ2v) is 6.33. The summed E-state index contributed by atoms with van der Waals surface area (Å²) in [5.74, 6) is 6.19. The van der Waals surface area contributed by atoms with Crippen LogP contribution in [0.2, 0.25) is 0 Å². The van der Waals surface area contributed by atoms with Gasteiger partial charge in [0.2, 0.25) is 0 Å². The molecule has 23 heavy (non-hydrogen) atoms. The lowest BCUT2D eigenvalue weighted by Gasteiger charge is -2.19. The first-order chi connectivity index (χ1) is 10.9. The molecule has 0 amide bonds. The van der Waals surface area contributed by atoms with Crippen molar-refractivity contribution in [2.45, 2.75) is 26.3 Å². The summed E-state index contributed by atoms with van der Waals surface area (Å²) in [5, 5.41) is 8.77. The Morgan fingerprint density at radius 1 is 0.957 bits per heavy atom. The Morgan fingerprint density at radius 2 is 1.65 bits per heavy atom. The van der Waals surface area contributed by atoms with Crippen molar-refractivity contribution in [2.75, 3.05) is 0 Å². The van der Waals surface area contributed by atoms with E-state index in [1.165, 1.54) is 4.68 Å². The fourth-order valence-corrected chi connectivity index (χ4v) is 2.23. The van der Waals surface area contributed by atoms with E-state index in [0.717, 1.165) is 11.1 Å². The van der Waals surface area contributed by atoms with Crippen molar-refractivity contribution in [1.29, 1.82) is 0 Å². The summed E-state index contributed by atoms with van der Waals surface area (Å²) in [7, 11) is 0. The van der Waals surface area contributed by atoms with Crippen molar-refractivity contribution in [2.24, 2.45) is 0 Å². The molecule has 1 heterocycles. The van der Waals surface area contributed by atoms with Crippen LogP contribution in [0.1, 0.15) is 31.9 Å². The summed E-state index contributed by atoms with van der Waals surface area (Å²) in [6, 6.07) is 15.2. The van der Waals surface area contributed by atoms with Gasteiger partial charge < -0.3 is 0 Å². The Morgan fingerprint density at radius 3 is 2.35 bits per heavy atom. The van der Waals surface area contributed by atoms with Crippen molar-refractivity contribution in [1.82, 2.24) is 15.0 Å². The maximum atomic E-state index is 12.5. The molecule has 2 aromatic carbocycles. The van der Waals surface area contributed by atoms with Gasteiger partial charge in [-0.05, 0) is 51.1 Å². The van der Waals surface area contributed by atoms with Crippen LogP contribution in [-0.4, -0.2) is 15.0 Å². The van der Waals surface area contributed by atoms with Crippen molar-refractivity contribution in [3.05, 3.63) is 70.0 Å². The molecule has 0 spiro atoms. The first kappa shape index (κ1) is 15.0. The lowest BCUT2D eigenvalue weighted by Crippen LogP contribution is -2.36. The standard InChI is InChI=1S/C19H17N3O/c1-19(2,3)22-18(23)16-12-11-15(13-17(16)20-21-22)10-9-14-7-5-4-6-8-14/h4-8,11-13H,1-3H3. The Balaban J connectivity index is 2.05. The highest BCUT2D eigenvalue weighted by atomic mass is 16.1. The molecule has 0 aliphatic rings. The first-order valence-electron chi connectivity index (χ1n) is 7.42. The quantitative estimate of drug-likeness (QED) is 0.600. The monoisotopic (exact) mass is 303 g/mol.